The van der Waals surface area contributed by atoms with Gasteiger partial charge in [0.2, 0.25) is 0 Å². The van der Waals surface area contributed by atoms with Crippen LogP contribution in [0.25, 0.3) is 0 Å². The van der Waals surface area contributed by atoms with Crippen molar-refractivity contribution in [1.82, 2.24) is 0 Å². The molecule has 0 spiro atoms. The molecule has 0 unspecified atom stereocenters. The van der Waals surface area contributed by atoms with Crippen LogP contribution in [-0.4, -0.2) is 0 Å². The predicted octanol–water partition coefficient (Wildman–Crippen LogP) is 3.17. The van der Waals surface area contributed by atoms with Gasteiger partial charge in [-0.3, -0.25) is 12.2 Å². The van der Waals surface area contributed by atoms with Crippen LogP contribution in [0.4, 0.5) is 0 Å². The van der Waals surface area contributed by atoms with Crippen LogP contribution < -0.4 is 0 Å². The number of rotatable bonds is 0. The summed E-state index contributed by atoms with van der Waals surface area (Å²) in [5, 5.41) is 0. The minimum atomic E-state index is 0. The first-order chi connectivity index (χ1) is 6.00. The second-order valence-corrected chi connectivity index (χ2v) is 2.39. The number of allylic oxidation sites excluding steroid dienone is 10. The molecule has 0 radical (unpaired) electrons. The fourth-order valence-electron chi connectivity index (χ4n) is 0.811. The van der Waals surface area contributed by atoms with E-state index < -0.39 is 0 Å². The van der Waals surface area contributed by atoms with Crippen molar-refractivity contribution in [2.24, 2.45) is 0 Å². The van der Waals surface area contributed by atoms with E-state index in [1.807, 2.05) is 36.5 Å². The van der Waals surface area contributed by atoms with Crippen LogP contribution in [0.5, 0.6) is 0 Å². The molecule has 0 atom stereocenters. The van der Waals surface area contributed by atoms with Crippen LogP contribution in [-0.2, 0) is 21.7 Å². The molecule has 0 amide bonds. The molecule has 64 valence electrons. The Morgan fingerprint density at radius 2 is 1.31 bits per heavy atom. The summed E-state index contributed by atoms with van der Waals surface area (Å²) >= 11 is 0. The summed E-state index contributed by atoms with van der Waals surface area (Å²) in [6.45, 7) is 0. The van der Waals surface area contributed by atoms with Crippen LogP contribution in [0.3, 0.4) is 0 Å². The van der Waals surface area contributed by atoms with Crippen molar-refractivity contribution < 1.29 is 21.7 Å². The quantitative estimate of drug-likeness (QED) is 0.420. The summed E-state index contributed by atoms with van der Waals surface area (Å²) in [6, 6.07) is 0. The van der Waals surface area contributed by atoms with Crippen LogP contribution >= 0.6 is 0 Å². The zero-order valence-electron chi connectivity index (χ0n) is 7.53. The van der Waals surface area contributed by atoms with E-state index in [-0.39, 0.29) is 21.7 Å². The molecule has 0 nitrogen and oxygen atoms in total. The van der Waals surface area contributed by atoms with E-state index in [0.717, 1.165) is 12.8 Å². The molecule has 0 aromatic carbocycles. The molecule has 0 heterocycles. The molecule has 0 bridgehead atoms. The van der Waals surface area contributed by atoms with Gasteiger partial charge in [-0.05, 0) is 0 Å². The molecule has 0 aromatic heterocycles. The zero-order valence-corrected chi connectivity index (χ0v) is 9.09. The summed E-state index contributed by atoms with van der Waals surface area (Å²) in [4.78, 5) is 0. The number of hydrogen-bond acceptors (Lipinski definition) is 0. The maximum atomic E-state index is 3.05. The van der Waals surface area contributed by atoms with Crippen LogP contribution in [0.15, 0.2) is 48.6 Å². The Morgan fingerprint density at radius 1 is 0.692 bits per heavy atom. The van der Waals surface area contributed by atoms with E-state index in [0.29, 0.717) is 0 Å². The minimum Gasteiger partial charge on any atom is -0.273 e. The van der Waals surface area contributed by atoms with Crippen molar-refractivity contribution >= 4 is 0 Å². The van der Waals surface area contributed by atoms with Gasteiger partial charge >= 0.3 is 21.7 Å². The van der Waals surface area contributed by atoms with Gasteiger partial charge in [-0.15, -0.1) is 12.5 Å². The second-order valence-electron chi connectivity index (χ2n) is 2.39. The summed E-state index contributed by atoms with van der Waals surface area (Å²) < 4.78 is 0. The maximum Gasteiger partial charge on any atom is 2.00 e. The number of hydrogen-bond donors (Lipinski definition) is 0. The van der Waals surface area contributed by atoms with Gasteiger partial charge in [0.05, 0.1) is 0 Å². The first-order valence-corrected chi connectivity index (χ1v) is 4.10. The van der Waals surface area contributed by atoms with Gasteiger partial charge in [0.1, 0.15) is 0 Å². The molecular formula is C12H12Ti. The summed E-state index contributed by atoms with van der Waals surface area (Å²) in [7, 11) is 0. The summed E-state index contributed by atoms with van der Waals surface area (Å²) in [5.41, 5.74) is 0. The first-order valence-electron chi connectivity index (χ1n) is 4.10. The van der Waals surface area contributed by atoms with Gasteiger partial charge in [-0.2, -0.15) is 6.08 Å². The van der Waals surface area contributed by atoms with E-state index in [2.05, 4.69) is 24.3 Å². The predicted molar refractivity (Wildman–Crippen MR) is 52.3 cm³/mol. The Labute approximate surface area is 95.3 Å². The van der Waals surface area contributed by atoms with Crippen LogP contribution in [0.1, 0.15) is 12.8 Å². The van der Waals surface area contributed by atoms with E-state index in [9.17, 15) is 0 Å². The molecule has 0 aromatic rings. The summed E-state index contributed by atoms with van der Waals surface area (Å²) in [6.07, 6.45) is 24.0. The fourth-order valence-corrected chi connectivity index (χ4v) is 0.811. The fraction of sp³-hybridized carbons (Fsp3) is 0.167. The van der Waals surface area contributed by atoms with Crippen molar-refractivity contribution in [2.45, 2.75) is 12.8 Å². The van der Waals surface area contributed by atoms with Crippen molar-refractivity contribution in [3.63, 3.8) is 0 Å². The third-order valence-electron chi connectivity index (χ3n) is 1.39. The largest absolute Gasteiger partial charge is 2.00 e. The van der Waals surface area contributed by atoms with Crippen molar-refractivity contribution in [2.75, 3.05) is 0 Å². The van der Waals surface area contributed by atoms with Crippen LogP contribution in [0, 0.1) is 12.2 Å². The smallest absolute Gasteiger partial charge is 0.273 e. The minimum absolute atomic E-state index is 0. The van der Waals surface area contributed by atoms with E-state index in [1.165, 1.54) is 0 Å². The average molecular weight is 204 g/mol. The molecule has 2 aliphatic carbocycles. The Kier molecular flexibility index (Phi) is 9.07. The molecule has 2 rings (SSSR count). The van der Waals surface area contributed by atoms with Gasteiger partial charge in [-0.25, -0.2) is 24.3 Å². The normalized spacial score (nSPS) is 16.0. The molecule has 0 saturated carbocycles. The second kappa shape index (κ2) is 9.50. The molecule has 0 N–H and O–H groups in total. The van der Waals surface area contributed by atoms with Gasteiger partial charge < -0.3 is 0 Å². The average Bonchev–Trinajstić information content (AvgIpc) is 2.54. The molecule has 1 heteroatoms. The third kappa shape index (κ3) is 7.76. The molecule has 0 saturated heterocycles. The van der Waals surface area contributed by atoms with E-state index in [4.69, 9.17) is 0 Å². The Bertz CT molecular complexity index is 218. The summed E-state index contributed by atoms with van der Waals surface area (Å²) in [5.74, 6) is 0. The standard InChI is InChI=1S/C7H7.C5H5.Ti/c1-2-4-6-7-5-3-1;1-2-4-5-3-1;/h1-5H,6H2;1-3H,4H2;/q2*-1;+2. The Morgan fingerprint density at radius 3 is 1.85 bits per heavy atom. The Balaban J connectivity index is 0.000000215. The molecule has 0 fully saturated rings. The van der Waals surface area contributed by atoms with Crippen LogP contribution in [0.2, 0.25) is 0 Å². The van der Waals surface area contributed by atoms with Gasteiger partial charge in [0.25, 0.3) is 0 Å². The molecular weight excluding hydrogens is 192 g/mol. The molecule has 2 aliphatic rings. The molecule has 13 heavy (non-hydrogen) atoms. The van der Waals surface area contributed by atoms with E-state index >= 15 is 0 Å². The third-order valence-corrected chi connectivity index (χ3v) is 1.39. The van der Waals surface area contributed by atoms with Gasteiger partial charge in [0.15, 0.2) is 0 Å². The van der Waals surface area contributed by atoms with Crippen molar-refractivity contribution in [3.8, 4) is 0 Å². The SMILES string of the molecule is [C-]1=CC=CC1.[C-]1=CC=CC=CC1.[Ti+2]. The first kappa shape index (κ1) is 12.4. The molecule has 0 aliphatic heterocycles. The van der Waals surface area contributed by atoms with Gasteiger partial charge in [0, 0.05) is 0 Å². The van der Waals surface area contributed by atoms with Crippen molar-refractivity contribution in [1.29, 1.82) is 0 Å². The maximum absolute atomic E-state index is 3.05. The zero-order chi connectivity index (χ0) is 8.49. The Hall–Kier alpha value is -0.586. The topological polar surface area (TPSA) is 0 Å². The van der Waals surface area contributed by atoms with Gasteiger partial charge in [-0.1, -0.05) is 18.6 Å². The van der Waals surface area contributed by atoms with E-state index in [1.54, 1.807) is 0 Å². The monoisotopic (exact) mass is 204 g/mol. The van der Waals surface area contributed by atoms with Crippen molar-refractivity contribution in [3.05, 3.63) is 60.8 Å².